The summed E-state index contributed by atoms with van der Waals surface area (Å²) >= 11 is 0. The quantitative estimate of drug-likeness (QED) is 0.805. The van der Waals surface area contributed by atoms with E-state index < -0.39 is 12.0 Å². The number of rotatable bonds is 7. The van der Waals surface area contributed by atoms with Crippen LogP contribution in [0.15, 0.2) is 24.3 Å². The Bertz CT molecular complexity index is 490. The normalized spacial score (nSPS) is 13.5. The number of amides is 1. The third-order valence-corrected chi connectivity index (χ3v) is 3.43. The van der Waals surface area contributed by atoms with E-state index in [1.54, 1.807) is 17.0 Å². The summed E-state index contributed by atoms with van der Waals surface area (Å²) < 4.78 is 12.9. The smallest absolute Gasteiger partial charge is 0.303 e. The second-order valence-corrected chi connectivity index (χ2v) is 4.89. The highest BCUT2D eigenvalue weighted by molar-refractivity contribution is 5.82. The third kappa shape index (κ3) is 4.82. The lowest BCUT2D eigenvalue weighted by Gasteiger charge is -2.30. The summed E-state index contributed by atoms with van der Waals surface area (Å²) in [7, 11) is 0. The van der Waals surface area contributed by atoms with Gasteiger partial charge < -0.3 is 15.7 Å². The fraction of sp³-hybridized carbons (Fsp3) is 0.467. The highest BCUT2D eigenvalue weighted by Crippen LogP contribution is 2.21. The van der Waals surface area contributed by atoms with E-state index in [2.05, 4.69) is 0 Å². The first kappa shape index (κ1) is 17.1. The van der Waals surface area contributed by atoms with Crippen molar-refractivity contribution in [2.24, 2.45) is 5.73 Å². The van der Waals surface area contributed by atoms with Crippen LogP contribution in [0.4, 0.5) is 4.39 Å². The highest BCUT2D eigenvalue weighted by atomic mass is 19.1. The predicted octanol–water partition coefficient (Wildman–Crippen LogP) is 1.93. The van der Waals surface area contributed by atoms with Crippen molar-refractivity contribution in [2.75, 3.05) is 6.54 Å². The number of benzene rings is 1. The molecule has 0 saturated heterocycles. The predicted molar refractivity (Wildman–Crippen MR) is 77.0 cm³/mol. The van der Waals surface area contributed by atoms with Crippen LogP contribution in [0.5, 0.6) is 0 Å². The van der Waals surface area contributed by atoms with Crippen LogP contribution in [0.3, 0.4) is 0 Å². The van der Waals surface area contributed by atoms with E-state index in [0.29, 0.717) is 6.54 Å². The molecule has 0 spiro atoms. The van der Waals surface area contributed by atoms with E-state index in [1.165, 1.54) is 12.1 Å². The zero-order chi connectivity index (χ0) is 16.0. The average Bonchev–Trinajstić information content (AvgIpc) is 2.45. The van der Waals surface area contributed by atoms with Crippen LogP contribution in [0, 0.1) is 5.82 Å². The van der Waals surface area contributed by atoms with Gasteiger partial charge in [-0.05, 0) is 38.0 Å². The number of nitrogens with zero attached hydrogens (tertiary/aromatic N) is 1. The van der Waals surface area contributed by atoms with Gasteiger partial charge in [-0.15, -0.1) is 0 Å². The molecule has 0 aliphatic rings. The molecule has 1 amide bonds. The Labute approximate surface area is 123 Å². The van der Waals surface area contributed by atoms with Gasteiger partial charge in [-0.3, -0.25) is 9.59 Å². The molecular formula is C15H21FN2O3. The molecule has 3 N–H and O–H groups in total. The molecule has 0 fully saturated rings. The van der Waals surface area contributed by atoms with Gasteiger partial charge in [-0.2, -0.15) is 0 Å². The zero-order valence-corrected chi connectivity index (χ0v) is 12.3. The number of likely N-dealkylation sites (N-methyl/N-ethyl adjacent to an activating group) is 1. The van der Waals surface area contributed by atoms with Crippen molar-refractivity contribution in [3.05, 3.63) is 35.6 Å². The van der Waals surface area contributed by atoms with E-state index in [0.717, 1.165) is 5.56 Å². The maximum Gasteiger partial charge on any atom is 0.303 e. The lowest BCUT2D eigenvalue weighted by Crippen LogP contribution is -2.45. The molecule has 2 atom stereocenters. The number of aliphatic carboxylic acids is 1. The molecule has 6 heteroatoms. The number of carboxylic acid groups (broad SMARTS) is 1. The first-order valence-electron chi connectivity index (χ1n) is 6.90. The number of carbonyl (C=O) groups is 2. The second kappa shape index (κ2) is 7.73. The second-order valence-electron chi connectivity index (χ2n) is 4.89. The van der Waals surface area contributed by atoms with Gasteiger partial charge in [-0.25, -0.2) is 4.39 Å². The Morgan fingerprint density at radius 2 is 1.90 bits per heavy atom. The summed E-state index contributed by atoms with van der Waals surface area (Å²) in [4.78, 5) is 24.4. The van der Waals surface area contributed by atoms with Crippen LogP contribution in [-0.2, 0) is 9.59 Å². The average molecular weight is 296 g/mol. The van der Waals surface area contributed by atoms with E-state index in [4.69, 9.17) is 10.8 Å². The van der Waals surface area contributed by atoms with E-state index in [-0.39, 0.29) is 30.6 Å². The van der Waals surface area contributed by atoms with Gasteiger partial charge in [-0.1, -0.05) is 12.1 Å². The zero-order valence-electron chi connectivity index (χ0n) is 12.3. The van der Waals surface area contributed by atoms with Crippen molar-refractivity contribution in [1.29, 1.82) is 0 Å². The van der Waals surface area contributed by atoms with Crippen LogP contribution < -0.4 is 5.73 Å². The first-order valence-corrected chi connectivity index (χ1v) is 6.90. The van der Waals surface area contributed by atoms with Crippen molar-refractivity contribution in [3.8, 4) is 0 Å². The van der Waals surface area contributed by atoms with Gasteiger partial charge in [0.2, 0.25) is 5.91 Å². The van der Waals surface area contributed by atoms with Gasteiger partial charge in [0, 0.05) is 13.0 Å². The van der Waals surface area contributed by atoms with Gasteiger partial charge in [0.05, 0.1) is 12.1 Å². The van der Waals surface area contributed by atoms with Crippen LogP contribution in [0.1, 0.15) is 38.3 Å². The van der Waals surface area contributed by atoms with E-state index in [1.807, 2.05) is 13.8 Å². The standard InChI is InChI=1S/C15H21FN2O3/c1-3-18(15(21)13(17)8-9-14(19)20)10(2)11-4-6-12(16)7-5-11/h4-7,10,13H,3,8-9,17H2,1-2H3,(H,19,20). The van der Waals surface area contributed by atoms with Gasteiger partial charge >= 0.3 is 5.97 Å². The minimum absolute atomic E-state index is 0.0980. The minimum Gasteiger partial charge on any atom is -0.481 e. The Kier molecular flexibility index (Phi) is 6.30. The third-order valence-electron chi connectivity index (χ3n) is 3.43. The number of carboxylic acids is 1. The fourth-order valence-electron chi connectivity index (χ4n) is 2.16. The van der Waals surface area contributed by atoms with Crippen LogP contribution in [-0.4, -0.2) is 34.5 Å². The molecule has 0 heterocycles. The Morgan fingerprint density at radius 1 is 1.33 bits per heavy atom. The van der Waals surface area contributed by atoms with Crippen molar-refractivity contribution in [2.45, 2.75) is 38.8 Å². The van der Waals surface area contributed by atoms with Crippen molar-refractivity contribution < 1.29 is 19.1 Å². The van der Waals surface area contributed by atoms with Crippen LogP contribution in [0.2, 0.25) is 0 Å². The molecule has 0 bridgehead atoms. The van der Waals surface area contributed by atoms with Crippen molar-refractivity contribution >= 4 is 11.9 Å². The van der Waals surface area contributed by atoms with Crippen LogP contribution >= 0.6 is 0 Å². The summed E-state index contributed by atoms with van der Waals surface area (Å²) in [5, 5.41) is 8.64. The molecular weight excluding hydrogens is 275 g/mol. The molecule has 21 heavy (non-hydrogen) atoms. The molecule has 5 nitrogen and oxygen atoms in total. The van der Waals surface area contributed by atoms with Crippen LogP contribution in [0.25, 0.3) is 0 Å². The molecule has 0 aliphatic carbocycles. The maximum absolute atomic E-state index is 12.9. The van der Waals surface area contributed by atoms with Gasteiger partial charge in [0.15, 0.2) is 0 Å². The monoisotopic (exact) mass is 296 g/mol. The minimum atomic E-state index is -0.979. The lowest BCUT2D eigenvalue weighted by molar-refractivity contribution is -0.138. The number of halogens is 1. The summed E-state index contributed by atoms with van der Waals surface area (Å²) in [6.07, 6.45) is -0.0454. The number of hydrogen-bond donors (Lipinski definition) is 2. The molecule has 0 saturated carbocycles. The molecule has 0 aliphatic heterocycles. The number of nitrogens with two attached hydrogens (primary N) is 1. The van der Waals surface area contributed by atoms with Crippen molar-refractivity contribution in [3.63, 3.8) is 0 Å². The Hall–Kier alpha value is -1.95. The summed E-state index contributed by atoms with van der Waals surface area (Å²) in [6, 6.07) is 4.84. The summed E-state index contributed by atoms with van der Waals surface area (Å²) in [6.45, 7) is 4.10. The summed E-state index contributed by atoms with van der Waals surface area (Å²) in [5.74, 6) is -1.61. The molecule has 0 radical (unpaired) electrons. The number of hydrogen-bond acceptors (Lipinski definition) is 3. The van der Waals surface area contributed by atoms with E-state index in [9.17, 15) is 14.0 Å². The van der Waals surface area contributed by atoms with E-state index >= 15 is 0 Å². The molecule has 2 unspecified atom stereocenters. The lowest BCUT2D eigenvalue weighted by atomic mass is 10.0. The molecule has 1 aromatic rings. The van der Waals surface area contributed by atoms with Gasteiger partial charge in [0.1, 0.15) is 5.82 Å². The molecule has 1 aromatic carbocycles. The number of carbonyl (C=O) groups excluding carboxylic acids is 1. The Morgan fingerprint density at radius 3 is 2.38 bits per heavy atom. The summed E-state index contributed by atoms with van der Waals surface area (Å²) in [5.41, 5.74) is 6.57. The largest absolute Gasteiger partial charge is 0.481 e. The SMILES string of the molecule is CCN(C(=O)C(N)CCC(=O)O)C(C)c1ccc(F)cc1. The Balaban J connectivity index is 2.78. The topological polar surface area (TPSA) is 83.6 Å². The maximum atomic E-state index is 12.9. The highest BCUT2D eigenvalue weighted by Gasteiger charge is 2.25. The fourth-order valence-corrected chi connectivity index (χ4v) is 2.16. The van der Waals surface area contributed by atoms with Gasteiger partial charge in [0.25, 0.3) is 0 Å². The van der Waals surface area contributed by atoms with Crippen molar-refractivity contribution in [1.82, 2.24) is 4.90 Å². The molecule has 0 aromatic heterocycles. The molecule has 116 valence electrons. The molecule has 1 rings (SSSR count). The first-order chi connectivity index (χ1) is 9.86.